The number of hydrogen-bond donors (Lipinski definition) is 3. The van der Waals surface area contributed by atoms with Crippen molar-refractivity contribution in [3.63, 3.8) is 0 Å². The van der Waals surface area contributed by atoms with Gasteiger partial charge in [0.25, 0.3) is 5.91 Å². The van der Waals surface area contributed by atoms with E-state index < -0.39 is 0 Å². The van der Waals surface area contributed by atoms with Gasteiger partial charge in [-0.1, -0.05) is 28.1 Å². The van der Waals surface area contributed by atoms with Crippen molar-refractivity contribution in [3.05, 3.63) is 40.1 Å². The Labute approximate surface area is 112 Å². The van der Waals surface area contributed by atoms with E-state index in [-0.39, 0.29) is 23.7 Å². The van der Waals surface area contributed by atoms with Crippen LogP contribution in [0.1, 0.15) is 29.1 Å². The van der Waals surface area contributed by atoms with E-state index in [4.69, 9.17) is 5.73 Å². The Morgan fingerprint density at radius 3 is 2.94 bits per heavy atom. The fourth-order valence-corrected chi connectivity index (χ4v) is 1.92. The van der Waals surface area contributed by atoms with Crippen LogP contribution in [0.3, 0.4) is 0 Å². The maximum Gasteiger partial charge on any atom is 0.289 e. The summed E-state index contributed by atoms with van der Waals surface area (Å²) >= 11 is 3.39. The zero-order valence-electron chi connectivity index (χ0n) is 9.64. The summed E-state index contributed by atoms with van der Waals surface area (Å²) in [6.07, 6.45) is 0. The number of nitrogen functional groups attached to an aromatic ring is 1. The van der Waals surface area contributed by atoms with Crippen molar-refractivity contribution < 1.29 is 4.79 Å². The normalized spacial score (nSPS) is 12.1. The molecule has 1 aromatic heterocycles. The largest absolute Gasteiger partial charge is 0.366 e. The van der Waals surface area contributed by atoms with Gasteiger partial charge in [0.2, 0.25) is 11.8 Å². The highest BCUT2D eigenvalue weighted by atomic mass is 79.9. The van der Waals surface area contributed by atoms with E-state index in [0.29, 0.717) is 0 Å². The van der Waals surface area contributed by atoms with Crippen LogP contribution in [0.4, 0.5) is 5.95 Å². The van der Waals surface area contributed by atoms with Crippen molar-refractivity contribution in [1.29, 1.82) is 0 Å². The number of halogens is 1. The highest BCUT2D eigenvalue weighted by molar-refractivity contribution is 9.10. The Morgan fingerprint density at radius 1 is 1.56 bits per heavy atom. The third-order valence-electron chi connectivity index (χ3n) is 2.41. The Bertz CT molecular complexity index is 568. The lowest BCUT2D eigenvalue weighted by Crippen LogP contribution is -2.27. The molecular weight excluding hydrogens is 298 g/mol. The topological polar surface area (TPSA) is 96.7 Å². The summed E-state index contributed by atoms with van der Waals surface area (Å²) in [5.41, 5.74) is 6.33. The highest BCUT2D eigenvalue weighted by Crippen LogP contribution is 2.17. The van der Waals surface area contributed by atoms with Crippen LogP contribution in [0.5, 0.6) is 0 Å². The number of nitrogens with one attached hydrogen (secondary N) is 2. The number of H-pyrrole nitrogens is 1. The summed E-state index contributed by atoms with van der Waals surface area (Å²) in [5.74, 6) is -0.184. The lowest BCUT2D eigenvalue weighted by atomic mass is 10.1. The Morgan fingerprint density at radius 2 is 2.33 bits per heavy atom. The molecule has 1 aromatic carbocycles. The second-order valence-electron chi connectivity index (χ2n) is 3.79. The van der Waals surface area contributed by atoms with Crippen LogP contribution in [0.15, 0.2) is 28.7 Å². The summed E-state index contributed by atoms with van der Waals surface area (Å²) in [6, 6.07) is 7.58. The minimum Gasteiger partial charge on any atom is -0.366 e. The number of nitrogens with zero attached hydrogens (tertiary/aromatic N) is 2. The molecule has 0 unspecified atom stereocenters. The number of hydrogen-bond acceptors (Lipinski definition) is 4. The van der Waals surface area contributed by atoms with Gasteiger partial charge in [0.1, 0.15) is 0 Å². The minimum atomic E-state index is -0.341. The van der Waals surface area contributed by atoms with Gasteiger partial charge in [0, 0.05) is 4.47 Å². The molecule has 1 amide bonds. The molecule has 0 aliphatic heterocycles. The van der Waals surface area contributed by atoms with E-state index in [1.54, 1.807) is 0 Å². The predicted molar refractivity (Wildman–Crippen MR) is 70.8 cm³/mol. The van der Waals surface area contributed by atoms with E-state index in [9.17, 15) is 4.79 Å². The average Bonchev–Trinajstić information content (AvgIpc) is 2.76. The van der Waals surface area contributed by atoms with Crippen molar-refractivity contribution >= 4 is 27.8 Å². The maximum atomic E-state index is 11.8. The van der Waals surface area contributed by atoms with Gasteiger partial charge in [-0.2, -0.15) is 4.98 Å². The van der Waals surface area contributed by atoms with E-state index in [0.717, 1.165) is 10.0 Å². The van der Waals surface area contributed by atoms with Crippen molar-refractivity contribution in [3.8, 4) is 0 Å². The molecule has 94 valence electrons. The monoisotopic (exact) mass is 309 g/mol. The first-order valence-corrected chi connectivity index (χ1v) is 6.10. The molecule has 18 heavy (non-hydrogen) atoms. The van der Waals surface area contributed by atoms with E-state index >= 15 is 0 Å². The highest BCUT2D eigenvalue weighted by Gasteiger charge is 2.14. The molecule has 4 N–H and O–H groups in total. The molecule has 1 heterocycles. The predicted octanol–water partition coefficient (Wildman–Crippen LogP) is 1.64. The third-order valence-corrected chi connectivity index (χ3v) is 2.91. The summed E-state index contributed by atoms with van der Waals surface area (Å²) < 4.78 is 0.963. The first-order chi connectivity index (χ1) is 8.56. The first-order valence-electron chi connectivity index (χ1n) is 5.30. The average molecular weight is 310 g/mol. The zero-order chi connectivity index (χ0) is 13.1. The molecule has 0 radical (unpaired) electrons. The molecule has 2 aromatic rings. The van der Waals surface area contributed by atoms with Crippen LogP contribution in [0.2, 0.25) is 0 Å². The molecule has 7 heteroatoms. The molecular formula is C11H12BrN5O. The molecule has 2 rings (SSSR count). The van der Waals surface area contributed by atoms with Gasteiger partial charge in [0.05, 0.1) is 6.04 Å². The number of rotatable bonds is 3. The SMILES string of the molecule is C[C@H](NC(=O)c1nc(N)n[nH]1)c1cccc(Br)c1. The van der Waals surface area contributed by atoms with Gasteiger partial charge in [-0.25, -0.2) is 0 Å². The smallest absolute Gasteiger partial charge is 0.289 e. The fourth-order valence-electron chi connectivity index (χ4n) is 1.50. The molecule has 0 bridgehead atoms. The summed E-state index contributed by atoms with van der Waals surface area (Å²) in [6.45, 7) is 1.89. The molecule has 0 aliphatic rings. The number of aromatic nitrogens is 3. The van der Waals surface area contributed by atoms with Crippen LogP contribution < -0.4 is 11.1 Å². The second kappa shape index (κ2) is 5.18. The van der Waals surface area contributed by atoms with Crippen LogP contribution in [-0.4, -0.2) is 21.1 Å². The lowest BCUT2D eigenvalue weighted by molar-refractivity contribution is 0.0930. The third kappa shape index (κ3) is 2.86. The molecule has 0 aliphatic carbocycles. The molecule has 0 spiro atoms. The standard InChI is InChI=1S/C11H12BrN5O/c1-6(7-3-2-4-8(12)5-7)14-10(18)9-15-11(13)17-16-9/h2-6H,1H3,(H,14,18)(H3,13,15,16,17)/t6-/m0/s1. The van der Waals surface area contributed by atoms with Crippen LogP contribution >= 0.6 is 15.9 Å². The van der Waals surface area contributed by atoms with Crippen molar-refractivity contribution in [1.82, 2.24) is 20.5 Å². The number of carbonyl (C=O) groups excluding carboxylic acids is 1. The van der Waals surface area contributed by atoms with Crippen LogP contribution in [0.25, 0.3) is 0 Å². The summed E-state index contributed by atoms with van der Waals surface area (Å²) in [4.78, 5) is 15.6. The number of benzene rings is 1. The fraction of sp³-hybridized carbons (Fsp3) is 0.182. The molecule has 6 nitrogen and oxygen atoms in total. The maximum absolute atomic E-state index is 11.8. The van der Waals surface area contributed by atoms with Gasteiger partial charge in [-0.15, -0.1) is 5.10 Å². The van der Waals surface area contributed by atoms with Crippen LogP contribution in [0, 0.1) is 0 Å². The molecule has 0 saturated carbocycles. The van der Waals surface area contributed by atoms with Crippen LogP contribution in [-0.2, 0) is 0 Å². The van der Waals surface area contributed by atoms with Crippen molar-refractivity contribution in [2.45, 2.75) is 13.0 Å². The summed E-state index contributed by atoms with van der Waals surface area (Å²) in [5, 5.41) is 8.88. The number of carbonyl (C=O) groups is 1. The number of aromatic amines is 1. The minimum absolute atomic E-state index is 0.0512. The van der Waals surface area contributed by atoms with Gasteiger partial charge in [-0.05, 0) is 24.6 Å². The Balaban J connectivity index is 2.07. The number of anilines is 1. The molecule has 1 atom stereocenters. The van der Waals surface area contributed by atoms with Gasteiger partial charge < -0.3 is 11.1 Å². The number of nitrogens with two attached hydrogens (primary N) is 1. The lowest BCUT2D eigenvalue weighted by Gasteiger charge is -2.13. The Hall–Kier alpha value is -1.89. The summed E-state index contributed by atoms with van der Waals surface area (Å²) in [7, 11) is 0. The quantitative estimate of drug-likeness (QED) is 0.803. The second-order valence-corrected chi connectivity index (χ2v) is 4.71. The zero-order valence-corrected chi connectivity index (χ0v) is 11.2. The van der Waals surface area contributed by atoms with E-state index in [2.05, 4.69) is 36.4 Å². The van der Waals surface area contributed by atoms with Gasteiger partial charge in [-0.3, -0.25) is 9.89 Å². The number of amides is 1. The van der Waals surface area contributed by atoms with Crippen molar-refractivity contribution in [2.24, 2.45) is 0 Å². The van der Waals surface area contributed by atoms with E-state index in [1.165, 1.54) is 0 Å². The van der Waals surface area contributed by atoms with Crippen molar-refractivity contribution in [2.75, 3.05) is 5.73 Å². The Kier molecular flexibility index (Phi) is 3.61. The molecule has 0 fully saturated rings. The molecule has 0 saturated heterocycles. The first kappa shape index (κ1) is 12.6. The van der Waals surface area contributed by atoms with Gasteiger partial charge >= 0.3 is 0 Å². The van der Waals surface area contributed by atoms with Gasteiger partial charge in [0.15, 0.2) is 0 Å². The van der Waals surface area contributed by atoms with E-state index in [1.807, 2.05) is 31.2 Å².